The highest BCUT2D eigenvalue weighted by Gasteiger charge is 2.19. The van der Waals surface area contributed by atoms with E-state index in [2.05, 4.69) is 56.3 Å². The molecule has 0 N–H and O–H groups in total. The van der Waals surface area contributed by atoms with Crippen molar-refractivity contribution in [2.75, 3.05) is 0 Å². The van der Waals surface area contributed by atoms with Gasteiger partial charge in [-0.3, -0.25) is 0 Å². The molecule has 0 aliphatic rings. The van der Waals surface area contributed by atoms with Crippen LogP contribution in [-0.4, -0.2) is 0 Å². The van der Waals surface area contributed by atoms with Gasteiger partial charge in [0, 0.05) is 7.44 Å². The highest BCUT2D eigenvalue weighted by molar-refractivity contribution is 5.96. The minimum atomic E-state index is -0.680. The number of aryl methyl sites for hydroxylation is 1. The first-order valence-electron chi connectivity index (χ1n) is 10.8. The van der Waals surface area contributed by atoms with E-state index in [-0.39, 0.29) is 0 Å². The molecule has 0 atom stereocenters. The summed E-state index contributed by atoms with van der Waals surface area (Å²) >= 11 is 0. The summed E-state index contributed by atoms with van der Waals surface area (Å²) in [6.45, 7) is 8.08. The molecule has 0 saturated heterocycles. The number of rotatable bonds is 3. The van der Waals surface area contributed by atoms with Crippen LogP contribution in [0.15, 0.2) is 72.9 Å². The van der Waals surface area contributed by atoms with E-state index in [0.29, 0.717) is 6.17 Å². The quantitative estimate of drug-likeness (QED) is 0.353. The molecule has 1 heterocycles. The summed E-state index contributed by atoms with van der Waals surface area (Å²) in [5.74, 6) is -0.680. The Morgan fingerprint density at radius 2 is 1.64 bits per heavy atom. The van der Waals surface area contributed by atoms with Gasteiger partial charge in [0.1, 0.15) is 8.42 Å². The molecule has 1 nitrogen and oxygen atoms in total. The Balaban J connectivity index is 2.02. The van der Waals surface area contributed by atoms with E-state index in [1.165, 1.54) is 16.7 Å². The molecule has 1 aromatic heterocycles. The molecule has 4 aromatic rings. The zero-order valence-electron chi connectivity index (χ0n) is 19.3. The lowest BCUT2D eigenvalue weighted by Crippen LogP contribution is -2.30. The highest BCUT2D eigenvalue weighted by atomic mass is 14.9. The van der Waals surface area contributed by atoms with Crippen LogP contribution < -0.4 is 4.57 Å². The third-order valence-electron chi connectivity index (χ3n) is 5.66. The van der Waals surface area contributed by atoms with Gasteiger partial charge in [-0.25, -0.2) is 4.57 Å². The van der Waals surface area contributed by atoms with Gasteiger partial charge in [0.2, 0.25) is 5.69 Å². The predicted molar refractivity (Wildman–Crippen MR) is 120 cm³/mol. The van der Waals surface area contributed by atoms with Crippen molar-refractivity contribution in [2.24, 2.45) is 7.05 Å². The fourth-order valence-corrected chi connectivity index (χ4v) is 3.84. The van der Waals surface area contributed by atoms with Crippen LogP contribution in [0.1, 0.15) is 39.2 Å². The molecular weight excluding hydrogens is 338 g/mol. The molecule has 3 aromatic carbocycles. The molecule has 0 unspecified atom stereocenters. The lowest BCUT2D eigenvalue weighted by molar-refractivity contribution is -0.659. The third-order valence-corrected chi connectivity index (χ3v) is 5.66. The van der Waals surface area contributed by atoms with Crippen LogP contribution in [0.2, 0.25) is 0 Å². The van der Waals surface area contributed by atoms with Crippen molar-refractivity contribution in [3.8, 4) is 22.4 Å². The number of benzene rings is 3. The molecule has 28 heavy (non-hydrogen) atoms. The molecule has 1 heteroatoms. The topological polar surface area (TPSA) is 3.88 Å². The van der Waals surface area contributed by atoms with Crippen LogP contribution in [0.4, 0.5) is 0 Å². The maximum Gasteiger partial charge on any atom is 0.220 e. The Morgan fingerprint density at radius 3 is 2.36 bits per heavy atom. The predicted octanol–water partition coefficient (Wildman–Crippen LogP) is 6.74. The van der Waals surface area contributed by atoms with Crippen LogP contribution in [0.5, 0.6) is 0 Å². The molecule has 0 fully saturated rings. The summed E-state index contributed by atoms with van der Waals surface area (Å²) in [5.41, 5.74) is 7.81. The van der Waals surface area contributed by atoms with E-state index >= 15 is 0 Å². The number of hydrogen-bond donors (Lipinski definition) is 0. The lowest BCUT2D eigenvalue weighted by Gasteiger charge is -2.15. The molecule has 4 rings (SSSR count). The smallest absolute Gasteiger partial charge is 0.200 e. The molecule has 140 valence electrons. The second-order valence-electron chi connectivity index (χ2n) is 7.81. The van der Waals surface area contributed by atoms with Crippen molar-refractivity contribution < 1.29 is 7.31 Å². The van der Waals surface area contributed by atoms with Crippen molar-refractivity contribution in [1.29, 1.82) is 0 Å². The van der Waals surface area contributed by atoms with Crippen molar-refractivity contribution in [3.63, 3.8) is 0 Å². The summed E-state index contributed by atoms with van der Waals surface area (Å²) in [4.78, 5) is 0. The maximum atomic E-state index is 8.59. The van der Waals surface area contributed by atoms with E-state index < -0.39 is 5.89 Å². The van der Waals surface area contributed by atoms with Gasteiger partial charge < -0.3 is 0 Å². The van der Waals surface area contributed by atoms with E-state index in [4.69, 9.17) is 2.74 Å². The Hall–Kier alpha value is -2.93. The fraction of sp³-hybridized carbons (Fsp3) is 0.222. The van der Waals surface area contributed by atoms with E-state index in [1.54, 1.807) is 0 Å². The van der Waals surface area contributed by atoms with E-state index in [9.17, 15) is 0 Å². The van der Waals surface area contributed by atoms with Crippen molar-refractivity contribution in [1.82, 2.24) is 0 Å². The second kappa shape index (κ2) is 7.24. The summed E-state index contributed by atoms with van der Waals surface area (Å²) in [7, 11) is 1.95. The normalized spacial score (nSPS) is 12.8. The Kier molecular flexibility index (Phi) is 4.15. The number of fused-ring (bicyclic) bond motifs is 1. The summed E-state index contributed by atoms with van der Waals surface area (Å²) in [5, 5.41) is 2.18. The average molecular weight is 369 g/mol. The van der Waals surface area contributed by atoms with Crippen LogP contribution in [0.3, 0.4) is 0 Å². The van der Waals surface area contributed by atoms with Gasteiger partial charge in [-0.2, -0.15) is 0 Å². The van der Waals surface area contributed by atoms with Crippen LogP contribution in [0.25, 0.3) is 33.2 Å². The molecule has 0 aliphatic carbocycles. The first-order valence-corrected chi connectivity index (χ1v) is 9.78. The average Bonchev–Trinajstić information content (AvgIpc) is 2.71. The minimum Gasteiger partial charge on any atom is -0.200 e. The lowest BCUT2D eigenvalue weighted by atomic mass is 9.90. The fourth-order valence-electron chi connectivity index (χ4n) is 3.84. The first kappa shape index (κ1) is 16.1. The van der Waals surface area contributed by atoms with Gasteiger partial charge >= 0.3 is 0 Å². The van der Waals surface area contributed by atoms with Crippen molar-refractivity contribution in [3.05, 3.63) is 89.6 Å². The molecular formula is C27H28N+. The van der Waals surface area contributed by atoms with E-state index in [0.717, 1.165) is 33.2 Å². The van der Waals surface area contributed by atoms with Gasteiger partial charge in [-0.1, -0.05) is 56.3 Å². The maximum absolute atomic E-state index is 8.59. The number of hydrogen-bond acceptors (Lipinski definition) is 0. The zero-order valence-corrected chi connectivity index (χ0v) is 17.3. The number of pyridine rings is 1. The third kappa shape index (κ3) is 3.22. The summed E-state index contributed by atoms with van der Waals surface area (Å²) in [6, 6.07) is 23.0. The summed E-state index contributed by atoms with van der Waals surface area (Å²) in [6.07, 6.45) is 0.468. The molecule has 0 saturated carbocycles. The second-order valence-corrected chi connectivity index (χ2v) is 7.81. The van der Waals surface area contributed by atoms with Gasteiger partial charge in [0.25, 0.3) is 0 Å². The Bertz CT molecular complexity index is 1250. The molecule has 0 amide bonds. The van der Waals surface area contributed by atoms with Gasteiger partial charge in [-0.15, -0.1) is 0 Å². The SMILES string of the molecule is [2H]c1cc2cc(-c3ccccc3)ccc2c(-c2cc(C([2H])(C)C)cc(C)c2C)[n+]1C. The van der Waals surface area contributed by atoms with Gasteiger partial charge in [0.05, 0.1) is 10.9 Å². The van der Waals surface area contributed by atoms with Crippen molar-refractivity contribution in [2.45, 2.75) is 33.6 Å². The zero-order chi connectivity index (χ0) is 21.6. The van der Waals surface area contributed by atoms with Crippen LogP contribution >= 0.6 is 0 Å². The van der Waals surface area contributed by atoms with Crippen LogP contribution in [-0.2, 0) is 7.05 Å². The summed E-state index contributed by atoms with van der Waals surface area (Å²) < 4.78 is 19.1. The number of aromatic nitrogens is 1. The van der Waals surface area contributed by atoms with Crippen molar-refractivity contribution >= 4 is 10.8 Å². The molecule has 0 aliphatic heterocycles. The highest BCUT2D eigenvalue weighted by Crippen LogP contribution is 2.34. The van der Waals surface area contributed by atoms with Gasteiger partial charge in [0.15, 0.2) is 6.17 Å². The monoisotopic (exact) mass is 368 g/mol. The Morgan fingerprint density at radius 1 is 0.893 bits per heavy atom. The minimum absolute atomic E-state index is 0.468. The molecule has 0 radical (unpaired) electrons. The van der Waals surface area contributed by atoms with E-state index in [1.807, 2.05) is 49.7 Å². The largest absolute Gasteiger partial charge is 0.220 e. The molecule has 0 bridgehead atoms. The Labute approximate surface area is 171 Å². The first-order chi connectivity index (χ1) is 14.2. The molecule has 0 spiro atoms. The van der Waals surface area contributed by atoms with Gasteiger partial charge in [-0.05, 0) is 71.1 Å². The van der Waals surface area contributed by atoms with Crippen LogP contribution in [0, 0.1) is 13.8 Å². The standard InChI is InChI=1S/C27H28N/c1-18(2)24-15-19(3)20(4)26(17-24)27-25-12-11-22(21-9-7-6-8-10-21)16-23(25)13-14-28(27)5/h6-18H,1-5H3/q+1/i14D,18D. The number of nitrogens with zero attached hydrogens (tertiary/aromatic N) is 1.